The number of carbonyl (C=O) groups is 3. The molecule has 2 saturated carbocycles. The minimum Gasteiger partial charge on any atom is -0.391 e. The van der Waals surface area contributed by atoms with Gasteiger partial charge in [-0.2, -0.15) is 0 Å². The number of aliphatic hydroxyl groups is 1. The summed E-state index contributed by atoms with van der Waals surface area (Å²) in [5, 5.41) is 27.2. The van der Waals surface area contributed by atoms with Crippen LogP contribution in [0.3, 0.4) is 0 Å². The van der Waals surface area contributed by atoms with Gasteiger partial charge in [0, 0.05) is 17.3 Å². The number of carbonyl (C=O) groups excluding carboxylic acids is 3. The van der Waals surface area contributed by atoms with Crippen molar-refractivity contribution < 1.29 is 24.7 Å². The lowest BCUT2D eigenvalue weighted by atomic mass is 9.95. The summed E-state index contributed by atoms with van der Waals surface area (Å²) in [6.45, 7) is 1.65. The maximum atomic E-state index is 12.4. The number of nitrogens with one attached hydrogen (secondary N) is 4. The minimum absolute atomic E-state index is 0.0544. The van der Waals surface area contributed by atoms with Crippen LogP contribution in [0.5, 0.6) is 0 Å². The summed E-state index contributed by atoms with van der Waals surface area (Å²) in [4.78, 5) is 36.4. The Bertz CT molecular complexity index is 1050. The molecule has 0 saturated heterocycles. The molecule has 0 aliphatic heterocycles. The van der Waals surface area contributed by atoms with Crippen LogP contribution >= 0.6 is 0 Å². The van der Waals surface area contributed by atoms with E-state index in [1.54, 1.807) is 24.3 Å². The molecule has 9 heteroatoms. The summed E-state index contributed by atoms with van der Waals surface area (Å²) < 4.78 is 0. The Kier molecular flexibility index (Phi) is 7.80. The molecule has 2 aliphatic rings. The van der Waals surface area contributed by atoms with Gasteiger partial charge in [-0.15, -0.1) is 0 Å². The van der Waals surface area contributed by atoms with Crippen molar-refractivity contribution in [3.05, 3.63) is 54.1 Å². The van der Waals surface area contributed by atoms with Gasteiger partial charge in [0.2, 0.25) is 5.91 Å². The molecule has 0 unspecified atom stereocenters. The van der Waals surface area contributed by atoms with Crippen molar-refractivity contribution in [3.8, 4) is 11.1 Å². The van der Waals surface area contributed by atoms with Gasteiger partial charge >= 0.3 is 0 Å². The summed E-state index contributed by atoms with van der Waals surface area (Å²) in [6, 6.07) is 13.4. The van der Waals surface area contributed by atoms with Gasteiger partial charge in [-0.1, -0.05) is 30.7 Å². The fraction of sp³-hybridized carbons (Fsp3) is 0.423. The summed E-state index contributed by atoms with van der Waals surface area (Å²) in [5.74, 6) is 0.0534. The van der Waals surface area contributed by atoms with E-state index < -0.39 is 24.0 Å². The summed E-state index contributed by atoms with van der Waals surface area (Å²) >= 11 is 0. The lowest BCUT2D eigenvalue weighted by Gasteiger charge is -2.22. The van der Waals surface area contributed by atoms with Crippen LogP contribution in [-0.4, -0.2) is 52.8 Å². The fourth-order valence-electron chi connectivity index (χ4n) is 5.18. The van der Waals surface area contributed by atoms with E-state index >= 15 is 0 Å². The molecule has 2 aliphatic carbocycles. The first-order chi connectivity index (χ1) is 16.8. The van der Waals surface area contributed by atoms with E-state index in [1.807, 2.05) is 24.3 Å². The zero-order valence-electron chi connectivity index (χ0n) is 19.7. The highest BCUT2D eigenvalue weighted by molar-refractivity contribution is 5.98. The van der Waals surface area contributed by atoms with E-state index in [0.717, 1.165) is 28.7 Å². The molecule has 186 valence electrons. The molecule has 0 spiro atoms. The SMILES string of the molecule is C[C@@H](O)[C@H](NC(=O)c1ccc(-c2ccc(NC(=O)CN[C@@H]3C[C@@H]4CC[C@@H]3C4)cc2)cc1)C(=O)NO. The zero-order chi connectivity index (χ0) is 24.9. The number of fused-ring (bicyclic) bond motifs is 2. The van der Waals surface area contributed by atoms with E-state index in [0.29, 0.717) is 18.2 Å². The Labute approximate surface area is 204 Å². The van der Waals surface area contributed by atoms with Gasteiger partial charge in [-0.3, -0.25) is 19.6 Å². The first kappa shape index (κ1) is 24.8. The molecular formula is C26H32N4O5. The van der Waals surface area contributed by atoms with Gasteiger partial charge in [0.05, 0.1) is 12.6 Å². The van der Waals surface area contributed by atoms with Gasteiger partial charge in [0.1, 0.15) is 6.04 Å². The smallest absolute Gasteiger partial charge is 0.268 e. The van der Waals surface area contributed by atoms with Gasteiger partial charge in [-0.25, -0.2) is 5.48 Å². The fourth-order valence-corrected chi connectivity index (χ4v) is 5.18. The van der Waals surface area contributed by atoms with Crippen molar-refractivity contribution >= 4 is 23.4 Å². The lowest BCUT2D eigenvalue weighted by molar-refractivity contribution is -0.133. The minimum atomic E-state index is -1.28. The third kappa shape index (κ3) is 6.05. The van der Waals surface area contributed by atoms with Crippen LogP contribution in [0.2, 0.25) is 0 Å². The Hall–Kier alpha value is -3.27. The molecule has 3 amide bonds. The van der Waals surface area contributed by atoms with Crippen molar-refractivity contribution in [1.29, 1.82) is 0 Å². The first-order valence-corrected chi connectivity index (χ1v) is 12.0. The molecule has 6 N–H and O–H groups in total. The van der Waals surface area contributed by atoms with Crippen molar-refractivity contribution in [2.75, 3.05) is 11.9 Å². The maximum Gasteiger partial charge on any atom is 0.268 e. The molecule has 35 heavy (non-hydrogen) atoms. The molecule has 5 atom stereocenters. The van der Waals surface area contributed by atoms with E-state index in [4.69, 9.17) is 5.21 Å². The quantitative estimate of drug-likeness (QED) is 0.240. The average molecular weight is 481 g/mol. The molecule has 0 radical (unpaired) electrons. The molecular weight excluding hydrogens is 448 g/mol. The number of aliphatic hydroxyl groups excluding tert-OH is 1. The molecule has 9 nitrogen and oxygen atoms in total. The van der Waals surface area contributed by atoms with Gasteiger partial charge in [0.25, 0.3) is 11.8 Å². The molecule has 2 fully saturated rings. The number of hydrogen-bond donors (Lipinski definition) is 6. The van der Waals surface area contributed by atoms with Gasteiger partial charge in [0.15, 0.2) is 0 Å². The maximum absolute atomic E-state index is 12.4. The third-order valence-corrected chi connectivity index (χ3v) is 7.07. The van der Waals surface area contributed by atoms with Crippen molar-refractivity contribution in [2.24, 2.45) is 11.8 Å². The lowest BCUT2D eigenvalue weighted by Crippen LogP contribution is -2.51. The highest BCUT2D eigenvalue weighted by Gasteiger charge is 2.39. The summed E-state index contributed by atoms with van der Waals surface area (Å²) in [7, 11) is 0. The molecule has 2 bridgehead atoms. The number of amides is 3. The van der Waals surface area contributed by atoms with Gasteiger partial charge in [-0.05, 0) is 73.4 Å². The van der Waals surface area contributed by atoms with Crippen LogP contribution in [-0.2, 0) is 9.59 Å². The Morgan fingerprint density at radius 1 is 0.971 bits per heavy atom. The number of anilines is 1. The van der Waals surface area contributed by atoms with Crippen LogP contribution in [0.25, 0.3) is 11.1 Å². The van der Waals surface area contributed by atoms with Crippen molar-refractivity contribution in [2.45, 2.75) is 50.8 Å². The van der Waals surface area contributed by atoms with E-state index in [1.165, 1.54) is 38.1 Å². The Morgan fingerprint density at radius 2 is 1.63 bits per heavy atom. The van der Waals surface area contributed by atoms with Gasteiger partial charge < -0.3 is 21.1 Å². The largest absolute Gasteiger partial charge is 0.391 e. The Balaban J connectivity index is 1.29. The van der Waals surface area contributed by atoms with Crippen LogP contribution < -0.4 is 21.4 Å². The highest BCUT2D eigenvalue weighted by Crippen LogP contribution is 2.44. The van der Waals surface area contributed by atoms with Crippen molar-refractivity contribution in [3.63, 3.8) is 0 Å². The summed E-state index contributed by atoms with van der Waals surface area (Å²) in [5.41, 5.74) is 4.24. The number of benzene rings is 2. The van der Waals surface area contributed by atoms with E-state index in [-0.39, 0.29) is 5.91 Å². The molecule has 0 aromatic heterocycles. The van der Waals surface area contributed by atoms with Crippen molar-refractivity contribution in [1.82, 2.24) is 16.1 Å². The number of hydrogen-bond acceptors (Lipinski definition) is 6. The van der Waals surface area contributed by atoms with Crippen LogP contribution in [0.15, 0.2) is 48.5 Å². The second kappa shape index (κ2) is 11.0. The van der Waals surface area contributed by atoms with Crippen LogP contribution in [0, 0.1) is 11.8 Å². The zero-order valence-corrected chi connectivity index (χ0v) is 19.7. The Morgan fingerprint density at radius 3 is 2.17 bits per heavy atom. The average Bonchev–Trinajstić information content (AvgIpc) is 3.49. The second-order valence-corrected chi connectivity index (χ2v) is 9.53. The monoisotopic (exact) mass is 480 g/mol. The predicted molar refractivity (Wildman–Crippen MR) is 131 cm³/mol. The standard InChI is InChI=1S/C26H32N4O5/c1-15(31)24(26(34)30-35)29-25(33)19-6-4-17(5-7-19)18-8-10-21(11-9-18)28-23(32)14-27-22-13-16-2-3-20(22)12-16/h4-11,15-16,20,22,24,27,31,35H,2-3,12-14H2,1H3,(H,28,32)(H,29,33)(H,30,34)/t15-,16-,20-,22-,24+/m1/s1. The van der Waals surface area contributed by atoms with E-state index in [9.17, 15) is 19.5 Å². The topological polar surface area (TPSA) is 140 Å². The predicted octanol–water partition coefficient (Wildman–Crippen LogP) is 2.05. The number of hydroxylamine groups is 1. The molecule has 2 aromatic carbocycles. The molecule has 2 aromatic rings. The second-order valence-electron chi connectivity index (χ2n) is 9.53. The van der Waals surface area contributed by atoms with Crippen LogP contribution in [0.4, 0.5) is 5.69 Å². The number of rotatable bonds is 9. The highest BCUT2D eigenvalue weighted by atomic mass is 16.5. The first-order valence-electron chi connectivity index (χ1n) is 12.0. The van der Waals surface area contributed by atoms with Crippen LogP contribution in [0.1, 0.15) is 43.0 Å². The summed E-state index contributed by atoms with van der Waals surface area (Å²) in [6.07, 6.45) is 3.92. The van der Waals surface area contributed by atoms with E-state index in [2.05, 4.69) is 16.0 Å². The molecule has 4 rings (SSSR count). The normalized spacial score (nSPS) is 22.3. The third-order valence-electron chi connectivity index (χ3n) is 7.07. The molecule has 0 heterocycles.